The van der Waals surface area contributed by atoms with Crippen molar-refractivity contribution in [2.75, 3.05) is 23.8 Å². The molecular formula is C21H25ClN6O3. The molecule has 0 saturated carbocycles. The van der Waals surface area contributed by atoms with Crippen molar-refractivity contribution < 1.29 is 14.3 Å². The van der Waals surface area contributed by atoms with Gasteiger partial charge in [-0.25, -0.2) is 4.68 Å². The molecule has 31 heavy (non-hydrogen) atoms. The number of amides is 1. The fraction of sp³-hybridized carbons (Fsp3) is 0.333. The highest BCUT2D eigenvalue weighted by Gasteiger charge is 2.15. The zero-order valence-corrected chi connectivity index (χ0v) is 18.4. The van der Waals surface area contributed by atoms with Crippen LogP contribution in [0, 0.1) is 6.92 Å². The van der Waals surface area contributed by atoms with Crippen molar-refractivity contribution in [1.82, 2.24) is 20.2 Å². The minimum atomic E-state index is -0.292. The average Bonchev–Trinajstić information content (AvgIpc) is 3.21. The lowest BCUT2D eigenvalue weighted by atomic mass is 10.2. The number of aryl methyl sites for hydroxylation is 2. The number of nitrogens with zero attached hydrogens (tertiary/aromatic N) is 4. The molecule has 1 heterocycles. The molecule has 0 bridgehead atoms. The largest absolute Gasteiger partial charge is 0.490 e. The van der Waals surface area contributed by atoms with Gasteiger partial charge in [-0.1, -0.05) is 34.4 Å². The molecular weight excluding hydrogens is 420 g/mol. The van der Waals surface area contributed by atoms with Gasteiger partial charge in [0.15, 0.2) is 18.1 Å². The van der Waals surface area contributed by atoms with Crippen molar-refractivity contribution in [1.29, 1.82) is 0 Å². The van der Waals surface area contributed by atoms with E-state index < -0.39 is 0 Å². The molecule has 164 valence electrons. The van der Waals surface area contributed by atoms with Gasteiger partial charge in [0, 0.05) is 18.8 Å². The number of ether oxygens (including phenoxy) is 2. The number of benzene rings is 2. The first-order valence-electron chi connectivity index (χ1n) is 9.94. The van der Waals surface area contributed by atoms with E-state index in [9.17, 15) is 4.79 Å². The number of tetrazole rings is 1. The van der Waals surface area contributed by atoms with Crippen LogP contribution in [0.5, 0.6) is 11.5 Å². The number of hydrogen-bond acceptors (Lipinski definition) is 7. The molecule has 3 aromatic rings. The van der Waals surface area contributed by atoms with Gasteiger partial charge in [-0.15, -0.1) is 0 Å². The Hall–Kier alpha value is -3.33. The van der Waals surface area contributed by atoms with Crippen LogP contribution in [0.25, 0.3) is 0 Å². The molecule has 0 aliphatic rings. The molecule has 0 spiro atoms. The Labute approximate surface area is 185 Å². The zero-order chi connectivity index (χ0) is 22.2. The van der Waals surface area contributed by atoms with Gasteiger partial charge in [0.05, 0.1) is 11.6 Å². The second-order valence-corrected chi connectivity index (χ2v) is 7.12. The second kappa shape index (κ2) is 10.6. The highest BCUT2D eigenvalue weighted by molar-refractivity contribution is 6.32. The highest BCUT2D eigenvalue weighted by atomic mass is 35.5. The third kappa shape index (κ3) is 6.08. The van der Waals surface area contributed by atoms with Crippen molar-refractivity contribution >= 4 is 29.1 Å². The number of carbonyl (C=O) groups excluding carboxylic acids is 1. The average molecular weight is 445 g/mol. The quantitative estimate of drug-likeness (QED) is 0.491. The molecule has 0 saturated heterocycles. The molecule has 10 heteroatoms. The topological polar surface area (TPSA) is 103 Å². The predicted octanol–water partition coefficient (Wildman–Crippen LogP) is 3.68. The summed E-state index contributed by atoms with van der Waals surface area (Å²) in [5.74, 6) is 1.05. The summed E-state index contributed by atoms with van der Waals surface area (Å²) in [4.78, 5) is 12.3. The smallest absolute Gasteiger partial charge is 0.262 e. The number of carbonyl (C=O) groups is 1. The Balaban J connectivity index is 1.66. The van der Waals surface area contributed by atoms with Gasteiger partial charge >= 0.3 is 0 Å². The highest BCUT2D eigenvalue weighted by Crippen LogP contribution is 2.37. The van der Waals surface area contributed by atoms with Crippen molar-refractivity contribution in [2.45, 2.75) is 33.9 Å². The minimum absolute atomic E-state index is 0.198. The van der Waals surface area contributed by atoms with E-state index in [1.54, 1.807) is 10.7 Å². The number of nitrogens with one attached hydrogen (secondary N) is 2. The van der Waals surface area contributed by atoms with E-state index in [4.69, 9.17) is 21.1 Å². The summed E-state index contributed by atoms with van der Waals surface area (Å²) < 4.78 is 13.0. The van der Waals surface area contributed by atoms with Crippen molar-refractivity contribution in [2.24, 2.45) is 0 Å². The number of hydrogen-bond donors (Lipinski definition) is 2. The Morgan fingerprint density at radius 2 is 1.94 bits per heavy atom. The van der Waals surface area contributed by atoms with Crippen LogP contribution < -0.4 is 20.1 Å². The lowest BCUT2D eigenvalue weighted by molar-refractivity contribution is -0.118. The van der Waals surface area contributed by atoms with Crippen molar-refractivity contribution in [3.05, 3.63) is 52.5 Å². The Kier molecular flexibility index (Phi) is 7.66. The molecule has 0 aliphatic carbocycles. The Bertz CT molecular complexity index is 1020. The van der Waals surface area contributed by atoms with Crippen LogP contribution in [0.15, 0.2) is 36.4 Å². The summed E-state index contributed by atoms with van der Waals surface area (Å²) in [6.07, 6.45) is 0. The van der Waals surface area contributed by atoms with Crippen LogP contribution in [-0.4, -0.2) is 39.3 Å². The van der Waals surface area contributed by atoms with Gasteiger partial charge in [0.25, 0.3) is 5.91 Å². The summed E-state index contributed by atoms with van der Waals surface area (Å²) in [6.45, 7) is 7.11. The number of halogens is 1. The Morgan fingerprint density at radius 1 is 1.16 bits per heavy atom. The SMILES string of the molecule is CCOc1cc(CNc2nnnn2CC)cc(Cl)c1OCC(=O)Nc1ccc(C)cc1. The third-order valence-corrected chi connectivity index (χ3v) is 4.61. The molecule has 1 aromatic heterocycles. The summed E-state index contributed by atoms with van der Waals surface area (Å²) in [6, 6.07) is 11.1. The summed E-state index contributed by atoms with van der Waals surface area (Å²) in [7, 11) is 0. The van der Waals surface area contributed by atoms with E-state index >= 15 is 0 Å². The lowest BCUT2D eigenvalue weighted by Gasteiger charge is -2.15. The Morgan fingerprint density at radius 3 is 2.65 bits per heavy atom. The molecule has 0 aliphatic heterocycles. The molecule has 0 unspecified atom stereocenters. The fourth-order valence-electron chi connectivity index (χ4n) is 2.82. The maximum Gasteiger partial charge on any atom is 0.262 e. The van der Waals surface area contributed by atoms with Crippen LogP contribution in [0.4, 0.5) is 11.6 Å². The lowest BCUT2D eigenvalue weighted by Crippen LogP contribution is -2.20. The summed E-state index contributed by atoms with van der Waals surface area (Å²) in [5, 5.41) is 17.8. The second-order valence-electron chi connectivity index (χ2n) is 6.71. The standard InChI is InChI=1S/C21H25ClN6O3/c1-4-28-21(25-26-27-28)23-12-15-10-17(22)20(18(11-15)30-5-2)31-13-19(29)24-16-8-6-14(3)7-9-16/h6-11H,4-5,12-13H2,1-3H3,(H,24,29)(H,23,25,27). The number of anilines is 2. The van der Waals surface area contributed by atoms with E-state index in [-0.39, 0.29) is 12.5 Å². The molecule has 2 N–H and O–H groups in total. The summed E-state index contributed by atoms with van der Waals surface area (Å²) >= 11 is 6.44. The van der Waals surface area contributed by atoms with Gasteiger partial charge in [-0.3, -0.25) is 4.79 Å². The normalized spacial score (nSPS) is 10.6. The van der Waals surface area contributed by atoms with Crippen LogP contribution in [-0.2, 0) is 17.9 Å². The molecule has 1 amide bonds. The predicted molar refractivity (Wildman–Crippen MR) is 119 cm³/mol. The van der Waals surface area contributed by atoms with Crippen LogP contribution in [0.2, 0.25) is 5.02 Å². The van der Waals surface area contributed by atoms with Gasteiger partial charge < -0.3 is 20.1 Å². The number of aromatic nitrogens is 4. The maximum absolute atomic E-state index is 12.3. The van der Waals surface area contributed by atoms with E-state index in [0.29, 0.717) is 47.9 Å². The molecule has 0 fully saturated rings. The first-order valence-corrected chi connectivity index (χ1v) is 10.3. The van der Waals surface area contributed by atoms with Crippen molar-refractivity contribution in [3.8, 4) is 11.5 Å². The van der Waals surface area contributed by atoms with E-state index in [0.717, 1.165) is 11.1 Å². The zero-order valence-electron chi connectivity index (χ0n) is 17.7. The third-order valence-electron chi connectivity index (χ3n) is 4.33. The van der Waals surface area contributed by atoms with E-state index in [1.807, 2.05) is 51.1 Å². The first kappa shape index (κ1) is 22.4. The van der Waals surface area contributed by atoms with Gasteiger partial charge in [-0.05, 0) is 61.0 Å². The van der Waals surface area contributed by atoms with Crippen LogP contribution >= 0.6 is 11.6 Å². The van der Waals surface area contributed by atoms with Crippen LogP contribution in [0.3, 0.4) is 0 Å². The molecule has 0 radical (unpaired) electrons. The summed E-state index contributed by atoms with van der Waals surface area (Å²) in [5.41, 5.74) is 2.67. The molecule has 2 aromatic carbocycles. The van der Waals surface area contributed by atoms with Gasteiger partial charge in [-0.2, -0.15) is 0 Å². The molecule has 0 atom stereocenters. The van der Waals surface area contributed by atoms with Crippen molar-refractivity contribution in [3.63, 3.8) is 0 Å². The van der Waals surface area contributed by atoms with Crippen LogP contribution in [0.1, 0.15) is 25.0 Å². The fourth-order valence-corrected chi connectivity index (χ4v) is 3.11. The molecule has 9 nitrogen and oxygen atoms in total. The molecule has 3 rings (SSSR count). The van der Waals surface area contributed by atoms with E-state index in [2.05, 4.69) is 26.2 Å². The van der Waals surface area contributed by atoms with E-state index in [1.165, 1.54) is 0 Å². The maximum atomic E-state index is 12.3. The van der Waals surface area contributed by atoms with Gasteiger partial charge in [0.2, 0.25) is 5.95 Å². The minimum Gasteiger partial charge on any atom is -0.490 e. The van der Waals surface area contributed by atoms with Gasteiger partial charge in [0.1, 0.15) is 0 Å². The first-order chi connectivity index (χ1) is 15.0. The number of rotatable bonds is 10. The monoisotopic (exact) mass is 444 g/mol.